The lowest BCUT2D eigenvalue weighted by Crippen LogP contribution is -2.15. The largest absolute Gasteiger partial charge is 0.478 e. The summed E-state index contributed by atoms with van der Waals surface area (Å²) in [5.74, 6) is -1.66. The molecule has 0 saturated heterocycles. The van der Waals surface area contributed by atoms with E-state index in [0.717, 1.165) is 12.8 Å². The first kappa shape index (κ1) is 14.9. The molecule has 2 heterocycles. The average molecular weight is 348 g/mol. The number of carboxylic acids is 1. The molecule has 4 rings (SSSR count). The molecule has 0 bridgehead atoms. The zero-order chi connectivity index (χ0) is 17.0. The summed E-state index contributed by atoms with van der Waals surface area (Å²) in [6, 6.07) is 3.92. The highest BCUT2D eigenvalue weighted by Crippen LogP contribution is 2.43. The van der Waals surface area contributed by atoms with Gasteiger partial charge in [0.05, 0.1) is 11.1 Å². The van der Waals surface area contributed by atoms with Crippen molar-refractivity contribution >= 4 is 23.1 Å². The lowest BCUT2D eigenvalue weighted by molar-refractivity contribution is 0.0696. The number of aromatic amines is 1. The molecule has 0 radical (unpaired) electrons. The number of hydrogen-bond acceptors (Lipinski definition) is 3. The molecule has 0 atom stereocenters. The molecule has 24 heavy (non-hydrogen) atoms. The molecule has 0 aliphatic heterocycles. The smallest absolute Gasteiger partial charge is 0.337 e. The van der Waals surface area contributed by atoms with Crippen LogP contribution in [0.2, 0.25) is 5.02 Å². The second-order valence-electron chi connectivity index (χ2n) is 5.76. The number of hydrogen-bond donors (Lipinski definition) is 2. The number of aromatic nitrogens is 3. The number of H-pyrrole nitrogens is 1. The molecule has 1 saturated carbocycles. The molecule has 1 fully saturated rings. The zero-order valence-electron chi connectivity index (χ0n) is 12.2. The van der Waals surface area contributed by atoms with Crippen molar-refractivity contribution < 1.29 is 14.3 Å². The average Bonchev–Trinajstić information content (AvgIpc) is 3.29. The SMILES string of the molecule is O=C(O)c1cn2nc(-c3cc(Cl)ccc3F)[nH]c(=O)c2c1C1CC1. The Morgan fingerprint density at radius 2 is 2.17 bits per heavy atom. The fraction of sp³-hybridized carbons (Fsp3) is 0.188. The fourth-order valence-electron chi connectivity index (χ4n) is 2.87. The highest BCUT2D eigenvalue weighted by molar-refractivity contribution is 6.30. The third kappa shape index (κ3) is 2.28. The van der Waals surface area contributed by atoms with Gasteiger partial charge in [0.15, 0.2) is 5.82 Å². The van der Waals surface area contributed by atoms with E-state index in [-0.39, 0.29) is 28.4 Å². The van der Waals surface area contributed by atoms with Crippen LogP contribution in [0, 0.1) is 5.82 Å². The maximum Gasteiger partial charge on any atom is 0.337 e. The highest BCUT2D eigenvalue weighted by Gasteiger charge is 2.33. The topological polar surface area (TPSA) is 87.5 Å². The summed E-state index contributed by atoms with van der Waals surface area (Å²) in [7, 11) is 0. The number of carboxylic acid groups (broad SMARTS) is 1. The predicted molar refractivity (Wildman–Crippen MR) is 85.2 cm³/mol. The van der Waals surface area contributed by atoms with Gasteiger partial charge in [-0.15, -0.1) is 5.10 Å². The van der Waals surface area contributed by atoms with Gasteiger partial charge < -0.3 is 10.1 Å². The standard InChI is InChI=1S/C16H11ClFN3O3/c17-8-3-4-11(18)9(5-8)14-19-15(22)13-12(7-1-2-7)10(16(23)24)6-21(13)20-14/h3-7H,1-2H2,(H,23,24)(H,19,20,22). The lowest BCUT2D eigenvalue weighted by Gasteiger charge is -2.05. The molecule has 1 aliphatic carbocycles. The normalized spacial score (nSPS) is 14.2. The summed E-state index contributed by atoms with van der Waals surface area (Å²) in [6.07, 6.45) is 2.97. The van der Waals surface area contributed by atoms with Crippen LogP contribution in [0.15, 0.2) is 29.2 Å². The van der Waals surface area contributed by atoms with E-state index in [1.54, 1.807) is 0 Å². The first-order valence-corrected chi connectivity index (χ1v) is 7.68. The van der Waals surface area contributed by atoms with E-state index in [1.807, 2.05) is 0 Å². The predicted octanol–water partition coefficient (Wildman–Crippen LogP) is 3.06. The van der Waals surface area contributed by atoms with E-state index in [4.69, 9.17) is 11.6 Å². The molecule has 2 aromatic heterocycles. The molecule has 8 heteroatoms. The first-order valence-electron chi connectivity index (χ1n) is 7.30. The molecule has 0 spiro atoms. The summed E-state index contributed by atoms with van der Waals surface area (Å²) in [6.45, 7) is 0. The molecule has 122 valence electrons. The number of halogens is 2. The zero-order valence-corrected chi connectivity index (χ0v) is 13.0. The third-order valence-electron chi connectivity index (χ3n) is 4.08. The van der Waals surface area contributed by atoms with Crippen molar-refractivity contribution in [2.45, 2.75) is 18.8 Å². The monoisotopic (exact) mass is 347 g/mol. The van der Waals surface area contributed by atoms with Gasteiger partial charge in [-0.2, -0.15) is 0 Å². The minimum absolute atomic E-state index is 0.0122. The van der Waals surface area contributed by atoms with Crippen LogP contribution in [0.25, 0.3) is 16.9 Å². The number of benzene rings is 1. The van der Waals surface area contributed by atoms with Gasteiger partial charge in [0, 0.05) is 16.8 Å². The summed E-state index contributed by atoms with van der Waals surface area (Å²) >= 11 is 5.87. The minimum Gasteiger partial charge on any atom is -0.478 e. The molecule has 3 aromatic rings. The van der Waals surface area contributed by atoms with Gasteiger partial charge in [-0.3, -0.25) is 4.79 Å². The molecule has 1 aromatic carbocycles. The Hall–Kier alpha value is -2.67. The van der Waals surface area contributed by atoms with Crippen LogP contribution >= 0.6 is 11.6 Å². The van der Waals surface area contributed by atoms with Gasteiger partial charge in [-0.25, -0.2) is 13.7 Å². The van der Waals surface area contributed by atoms with Crippen LogP contribution in [0.4, 0.5) is 4.39 Å². The molecule has 1 aliphatic rings. The van der Waals surface area contributed by atoms with E-state index < -0.39 is 17.3 Å². The summed E-state index contributed by atoms with van der Waals surface area (Å²) in [5, 5.41) is 13.8. The molecular formula is C16H11ClFN3O3. The van der Waals surface area contributed by atoms with Gasteiger partial charge in [0.1, 0.15) is 11.3 Å². The second kappa shape index (κ2) is 5.17. The van der Waals surface area contributed by atoms with E-state index in [0.29, 0.717) is 10.6 Å². The van der Waals surface area contributed by atoms with Gasteiger partial charge in [0.2, 0.25) is 0 Å². The Balaban J connectivity index is 2.00. The first-order chi connectivity index (χ1) is 11.5. The van der Waals surface area contributed by atoms with E-state index >= 15 is 0 Å². The van der Waals surface area contributed by atoms with Crippen LogP contribution in [0.5, 0.6) is 0 Å². The Kier molecular flexibility index (Phi) is 3.21. The van der Waals surface area contributed by atoms with E-state index in [9.17, 15) is 19.1 Å². The second-order valence-corrected chi connectivity index (χ2v) is 6.19. The minimum atomic E-state index is -1.11. The van der Waals surface area contributed by atoms with E-state index in [2.05, 4.69) is 10.1 Å². The van der Waals surface area contributed by atoms with Crippen molar-refractivity contribution in [3.63, 3.8) is 0 Å². The van der Waals surface area contributed by atoms with Crippen LogP contribution in [0.1, 0.15) is 34.7 Å². The van der Waals surface area contributed by atoms with Crippen LogP contribution in [-0.4, -0.2) is 25.7 Å². The number of carbonyl (C=O) groups is 1. The third-order valence-corrected chi connectivity index (χ3v) is 4.32. The van der Waals surface area contributed by atoms with Crippen LogP contribution < -0.4 is 5.56 Å². The van der Waals surface area contributed by atoms with Crippen molar-refractivity contribution in [1.82, 2.24) is 14.6 Å². The number of fused-ring (bicyclic) bond motifs is 1. The number of rotatable bonds is 3. The Morgan fingerprint density at radius 3 is 2.83 bits per heavy atom. The molecule has 0 unspecified atom stereocenters. The van der Waals surface area contributed by atoms with Crippen LogP contribution in [-0.2, 0) is 0 Å². The molecule has 2 N–H and O–H groups in total. The van der Waals surface area contributed by atoms with E-state index in [1.165, 1.54) is 28.9 Å². The Morgan fingerprint density at radius 1 is 1.42 bits per heavy atom. The maximum atomic E-state index is 14.0. The fourth-order valence-corrected chi connectivity index (χ4v) is 3.04. The highest BCUT2D eigenvalue weighted by atomic mass is 35.5. The number of aromatic carboxylic acids is 1. The van der Waals surface area contributed by atoms with Gasteiger partial charge in [-0.1, -0.05) is 11.6 Å². The van der Waals surface area contributed by atoms with Crippen molar-refractivity contribution in [1.29, 1.82) is 0 Å². The Bertz CT molecular complexity index is 1050. The Labute approximate surface area is 139 Å². The van der Waals surface area contributed by atoms with Gasteiger partial charge in [0.25, 0.3) is 5.56 Å². The van der Waals surface area contributed by atoms with Crippen LogP contribution in [0.3, 0.4) is 0 Å². The number of nitrogens with one attached hydrogen (secondary N) is 1. The van der Waals surface area contributed by atoms with Crippen molar-refractivity contribution in [2.24, 2.45) is 0 Å². The van der Waals surface area contributed by atoms with Gasteiger partial charge in [-0.05, 0) is 37.0 Å². The molecular weight excluding hydrogens is 337 g/mol. The lowest BCUT2D eigenvalue weighted by atomic mass is 10.1. The summed E-state index contributed by atoms with van der Waals surface area (Å²) < 4.78 is 15.2. The quantitative estimate of drug-likeness (QED) is 0.762. The van der Waals surface area contributed by atoms with Gasteiger partial charge >= 0.3 is 5.97 Å². The summed E-state index contributed by atoms with van der Waals surface area (Å²) in [4.78, 5) is 26.5. The van der Waals surface area contributed by atoms with Crippen molar-refractivity contribution in [2.75, 3.05) is 0 Å². The van der Waals surface area contributed by atoms with Crippen molar-refractivity contribution in [3.05, 3.63) is 56.7 Å². The maximum absolute atomic E-state index is 14.0. The van der Waals surface area contributed by atoms with Crippen molar-refractivity contribution in [3.8, 4) is 11.4 Å². The summed E-state index contributed by atoms with van der Waals surface area (Å²) in [5.41, 5.74) is 0.281. The molecule has 6 nitrogen and oxygen atoms in total. The number of nitrogens with zero attached hydrogens (tertiary/aromatic N) is 2. The molecule has 0 amide bonds.